The highest BCUT2D eigenvalue weighted by Gasteiger charge is 2.34. The number of hydrogen-bond acceptors (Lipinski definition) is 3. The second-order valence-corrected chi connectivity index (χ2v) is 6.07. The zero-order valence-corrected chi connectivity index (χ0v) is 14.3. The fourth-order valence-electron chi connectivity index (χ4n) is 2.55. The monoisotopic (exact) mass is 368 g/mol. The zero-order valence-electron chi connectivity index (χ0n) is 12.7. The van der Waals surface area contributed by atoms with Crippen LogP contribution in [-0.2, 0) is 9.53 Å². The van der Waals surface area contributed by atoms with Crippen molar-refractivity contribution in [2.24, 2.45) is 0 Å². The van der Waals surface area contributed by atoms with Crippen LogP contribution in [0.2, 0.25) is 0 Å². The minimum absolute atomic E-state index is 0.0880. The summed E-state index contributed by atoms with van der Waals surface area (Å²) in [5.74, 6) is -0.183. The second kappa shape index (κ2) is 8.29. The maximum absolute atomic E-state index is 12.6. The molecule has 120 valence electrons. The van der Waals surface area contributed by atoms with Crippen LogP contribution >= 0.6 is 15.9 Å². The van der Waals surface area contributed by atoms with E-state index in [1.807, 2.05) is 19.1 Å². The van der Waals surface area contributed by atoms with Gasteiger partial charge in [-0.1, -0.05) is 15.9 Å². The van der Waals surface area contributed by atoms with E-state index >= 15 is 0 Å². The number of rotatable bonds is 6. The molecule has 0 unspecified atom stereocenters. The molecule has 0 saturated carbocycles. The molecule has 1 N–H and O–H groups in total. The highest BCUT2D eigenvalue weighted by molar-refractivity contribution is 9.10. The van der Waals surface area contributed by atoms with E-state index in [2.05, 4.69) is 21.2 Å². The molecule has 0 spiro atoms. The van der Waals surface area contributed by atoms with Crippen molar-refractivity contribution >= 4 is 27.7 Å². The molecule has 0 bridgehead atoms. The summed E-state index contributed by atoms with van der Waals surface area (Å²) in [5, 5.41) is 2.84. The highest BCUT2D eigenvalue weighted by Crippen LogP contribution is 2.21. The summed E-state index contributed by atoms with van der Waals surface area (Å²) < 4.78 is 6.13. The first kappa shape index (κ1) is 17.0. The van der Waals surface area contributed by atoms with Gasteiger partial charge < -0.3 is 15.0 Å². The molecule has 1 fully saturated rings. The van der Waals surface area contributed by atoms with Crippen LogP contribution in [0.5, 0.6) is 0 Å². The molecule has 5 nitrogen and oxygen atoms in total. The van der Waals surface area contributed by atoms with Gasteiger partial charge in [0.05, 0.1) is 6.61 Å². The van der Waals surface area contributed by atoms with Gasteiger partial charge in [0.15, 0.2) is 0 Å². The molecule has 1 aromatic rings. The molecule has 22 heavy (non-hydrogen) atoms. The van der Waals surface area contributed by atoms with E-state index in [9.17, 15) is 9.59 Å². The zero-order chi connectivity index (χ0) is 15.9. The van der Waals surface area contributed by atoms with E-state index in [4.69, 9.17) is 4.74 Å². The van der Waals surface area contributed by atoms with Crippen LogP contribution in [0.15, 0.2) is 28.7 Å². The van der Waals surface area contributed by atoms with Crippen LogP contribution in [0.1, 0.15) is 30.1 Å². The van der Waals surface area contributed by atoms with Gasteiger partial charge in [-0.15, -0.1) is 0 Å². The largest absolute Gasteiger partial charge is 0.380 e. The van der Waals surface area contributed by atoms with E-state index in [-0.39, 0.29) is 17.9 Å². The van der Waals surface area contributed by atoms with Gasteiger partial charge in [0.2, 0.25) is 5.91 Å². The summed E-state index contributed by atoms with van der Waals surface area (Å²) in [6.07, 6.45) is 1.56. The van der Waals surface area contributed by atoms with Gasteiger partial charge >= 0.3 is 0 Å². The van der Waals surface area contributed by atoms with Crippen LogP contribution in [-0.4, -0.2) is 49.1 Å². The molecule has 1 atom stereocenters. The van der Waals surface area contributed by atoms with Gasteiger partial charge in [0.1, 0.15) is 6.04 Å². The SMILES string of the molecule is CCOCCNC(=O)[C@@H]1CCCN1C(=O)c1ccc(Br)cc1. The van der Waals surface area contributed by atoms with Crippen molar-refractivity contribution in [2.75, 3.05) is 26.3 Å². The number of carbonyl (C=O) groups excluding carboxylic acids is 2. The Morgan fingerprint density at radius 2 is 2.09 bits per heavy atom. The average Bonchev–Trinajstić information content (AvgIpc) is 3.01. The van der Waals surface area contributed by atoms with Crippen molar-refractivity contribution in [2.45, 2.75) is 25.8 Å². The molecule has 1 aliphatic heterocycles. The number of amides is 2. The fraction of sp³-hybridized carbons (Fsp3) is 0.500. The third-order valence-corrected chi connectivity index (χ3v) is 4.19. The lowest BCUT2D eigenvalue weighted by Crippen LogP contribution is -2.46. The predicted molar refractivity (Wildman–Crippen MR) is 87.7 cm³/mol. The van der Waals surface area contributed by atoms with Crippen molar-refractivity contribution in [3.63, 3.8) is 0 Å². The van der Waals surface area contributed by atoms with Gasteiger partial charge in [-0.05, 0) is 44.0 Å². The number of hydrogen-bond donors (Lipinski definition) is 1. The van der Waals surface area contributed by atoms with Crippen molar-refractivity contribution in [1.82, 2.24) is 10.2 Å². The van der Waals surface area contributed by atoms with Gasteiger partial charge in [0, 0.05) is 29.7 Å². The van der Waals surface area contributed by atoms with Crippen LogP contribution in [0.4, 0.5) is 0 Å². The molecule has 1 saturated heterocycles. The Morgan fingerprint density at radius 3 is 2.77 bits per heavy atom. The quantitative estimate of drug-likeness (QED) is 0.783. The number of likely N-dealkylation sites (tertiary alicyclic amines) is 1. The number of benzene rings is 1. The molecule has 2 amide bonds. The Balaban J connectivity index is 1.96. The molecule has 0 radical (unpaired) electrons. The van der Waals surface area contributed by atoms with E-state index in [0.717, 1.165) is 10.9 Å². The van der Waals surface area contributed by atoms with Crippen molar-refractivity contribution in [3.05, 3.63) is 34.3 Å². The summed E-state index contributed by atoms with van der Waals surface area (Å²) >= 11 is 3.35. The fourth-order valence-corrected chi connectivity index (χ4v) is 2.81. The normalized spacial score (nSPS) is 17.5. The standard InChI is InChI=1S/C16H21BrN2O3/c1-2-22-11-9-18-15(20)14-4-3-10-19(14)16(21)12-5-7-13(17)8-6-12/h5-8,14H,2-4,9-11H2,1H3,(H,18,20)/t14-/m0/s1. The van der Waals surface area contributed by atoms with Crippen molar-refractivity contribution in [3.8, 4) is 0 Å². The van der Waals surface area contributed by atoms with Gasteiger partial charge in [0.25, 0.3) is 5.91 Å². The number of nitrogens with zero attached hydrogens (tertiary/aromatic N) is 1. The molecule has 6 heteroatoms. The topological polar surface area (TPSA) is 58.6 Å². The molecule has 0 aliphatic carbocycles. The van der Waals surface area contributed by atoms with Crippen molar-refractivity contribution in [1.29, 1.82) is 0 Å². The minimum atomic E-state index is -0.377. The van der Waals surface area contributed by atoms with E-state index in [1.54, 1.807) is 17.0 Å². The molecule has 1 heterocycles. The molecular formula is C16H21BrN2O3. The molecule has 0 aromatic heterocycles. The summed E-state index contributed by atoms with van der Waals surface area (Å²) in [7, 11) is 0. The predicted octanol–water partition coefficient (Wildman–Crippen LogP) is 2.21. The van der Waals surface area contributed by atoms with Crippen LogP contribution in [0.25, 0.3) is 0 Å². The van der Waals surface area contributed by atoms with Crippen LogP contribution in [0.3, 0.4) is 0 Å². The first-order valence-corrected chi connectivity index (χ1v) is 8.34. The first-order valence-electron chi connectivity index (χ1n) is 7.55. The van der Waals surface area contributed by atoms with Gasteiger partial charge in [-0.3, -0.25) is 9.59 Å². The molecule has 1 aliphatic rings. The van der Waals surface area contributed by atoms with Crippen molar-refractivity contribution < 1.29 is 14.3 Å². The summed E-state index contributed by atoms with van der Waals surface area (Å²) in [4.78, 5) is 26.5. The summed E-state index contributed by atoms with van der Waals surface area (Å²) in [5.41, 5.74) is 0.609. The Labute approximate surface area is 139 Å². The number of carbonyl (C=O) groups is 2. The lowest BCUT2D eigenvalue weighted by atomic mass is 10.1. The van der Waals surface area contributed by atoms with Gasteiger partial charge in [-0.2, -0.15) is 0 Å². The molecule has 1 aromatic carbocycles. The smallest absolute Gasteiger partial charge is 0.254 e. The highest BCUT2D eigenvalue weighted by atomic mass is 79.9. The van der Waals surface area contributed by atoms with E-state index in [0.29, 0.717) is 38.3 Å². The molecular weight excluding hydrogens is 348 g/mol. The Hall–Kier alpha value is -1.40. The number of ether oxygens (including phenoxy) is 1. The van der Waals surface area contributed by atoms with Gasteiger partial charge in [-0.25, -0.2) is 0 Å². The molecule has 2 rings (SSSR count). The minimum Gasteiger partial charge on any atom is -0.380 e. The third-order valence-electron chi connectivity index (χ3n) is 3.66. The number of nitrogens with one attached hydrogen (secondary N) is 1. The first-order chi connectivity index (χ1) is 10.6. The third kappa shape index (κ3) is 4.30. The van der Waals surface area contributed by atoms with E-state index < -0.39 is 0 Å². The Morgan fingerprint density at radius 1 is 1.36 bits per heavy atom. The Kier molecular flexibility index (Phi) is 6.39. The van der Waals surface area contributed by atoms with Crippen LogP contribution < -0.4 is 5.32 Å². The second-order valence-electron chi connectivity index (χ2n) is 5.15. The lowest BCUT2D eigenvalue weighted by molar-refractivity contribution is -0.125. The average molecular weight is 369 g/mol. The Bertz CT molecular complexity index is 519. The number of halogens is 1. The lowest BCUT2D eigenvalue weighted by Gasteiger charge is -2.24. The summed E-state index contributed by atoms with van der Waals surface area (Å²) in [6.45, 7) is 4.14. The maximum atomic E-state index is 12.6. The summed E-state index contributed by atoms with van der Waals surface area (Å²) in [6, 6.07) is 6.84. The van der Waals surface area contributed by atoms with Crippen LogP contribution in [0, 0.1) is 0 Å². The maximum Gasteiger partial charge on any atom is 0.254 e. The van der Waals surface area contributed by atoms with E-state index in [1.165, 1.54) is 0 Å².